The molecule has 13 atom stereocenters. The number of aliphatic hydroxyl groups excluding tert-OH is 1. The van der Waals surface area contributed by atoms with Gasteiger partial charge in [0.2, 0.25) is 53.2 Å². The number of likely N-dealkylation sites (tertiary alicyclic amines) is 2. The van der Waals surface area contributed by atoms with E-state index in [1.165, 1.54) is 31.1 Å². The van der Waals surface area contributed by atoms with Gasteiger partial charge in [-0.1, -0.05) is 118 Å². The van der Waals surface area contributed by atoms with Crippen molar-refractivity contribution in [2.75, 3.05) is 53.3 Å². The number of hydrogen-bond acceptors (Lipinski definition) is 16. The third-order valence-corrected chi connectivity index (χ3v) is 18.4. The monoisotopic (exact) mass is 1350 g/mol. The number of likely N-dealkylation sites (N-methyl/N-ethyl adjacent to an activating group) is 2. The number of nitrogens with zero attached hydrogens (tertiary/aromatic N) is 4. The molecule has 2 aromatic rings. The van der Waals surface area contributed by atoms with Gasteiger partial charge in [-0.3, -0.25) is 53.0 Å². The number of methoxy groups -OCH3 is 2. The lowest BCUT2D eigenvalue weighted by Crippen LogP contribution is -2.60. The number of anilines is 1. The lowest BCUT2D eigenvalue weighted by Gasteiger charge is -2.41. The van der Waals surface area contributed by atoms with E-state index in [1.807, 2.05) is 32.0 Å². The van der Waals surface area contributed by atoms with Gasteiger partial charge in [0, 0.05) is 66.5 Å². The molecule has 2 heterocycles. The zero-order chi connectivity index (χ0) is 71.0. The molecule has 530 valence electrons. The number of thiol groups is 1. The van der Waals surface area contributed by atoms with E-state index in [-0.39, 0.29) is 87.3 Å². The van der Waals surface area contributed by atoms with E-state index in [1.54, 1.807) is 109 Å². The maximum absolute atomic E-state index is 14.8. The van der Waals surface area contributed by atoms with Crippen LogP contribution in [-0.2, 0) is 64.0 Å². The molecule has 2 aliphatic heterocycles. The van der Waals surface area contributed by atoms with Crippen molar-refractivity contribution in [2.45, 2.75) is 212 Å². The van der Waals surface area contributed by atoms with Gasteiger partial charge in [0.1, 0.15) is 30.8 Å². The first-order chi connectivity index (χ1) is 44.9. The number of rotatable bonds is 38. The number of benzene rings is 2. The molecule has 2 fully saturated rings. The molecular formula is C68H107N11O15S. The maximum atomic E-state index is 14.8. The molecule has 8 unspecified atom stereocenters. The maximum Gasteiger partial charge on any atom is 0.410 e. The van der Waals surface area contributed by atoms with Gasteiger partial charge in [-0.25, -0.2) is 9.59 Å². The molecule has 2 saturated heterocycles. The molecule has 27 heteroatoms. The number of hydrogen-bond donors (Lipinski definition) is 9. The summed E-state index contributed by atoms with van der Waals surface area (Å²) in [6.45, 7) is 18.6. The first-order valence-corrected chi connectivity index (χ1v) is 33.8. The molecule has 0 radical (unpaired) electrons. The van der Waals surface area contributed by atoms with Gasteiger partial charge in [0.15, 0.2) is 0 Å². The second-order valence-electron chi connectivity index (χ2n) is 26.2. The number of unbranched alkanes of at least 4 members (excludes halogenated alkanes) is 2. The van der Waals surface area contributed by atoms with E-state index in [4.69, 9.17) is 19.9 Å². The van der Waals surface area contributed by atoms with Crippen molar-refractivity contribution < 1.29 is 72.1 Å². The Balaban J connectivity index is 1.37. The van der Waals surface area contributed by atoms with Crippen LogP contribution in [0.1, 0.15) is 157 Å². The molecule has 95 heavy (non-hydrogen) atoms. The lowest BCUT2D eigenvalue weighted by atomic mass is 9.89. The van der Waals surface area contributed by atoms with Crippen LogP contribution in [0.5, 0.6) is 0 Å². The predicted molar refractivity (Wildman–Crippen MR) is 362 cm³/mol. The average Bonchev–Trinajstić information content (AvgIpc) is 1.78. The highest BCUT2D eigenvalue weighted by Crippen LogP contribution is 2.31. The molecule has 2 aliphatic rings. The highest BCUT2D eigenvalue weighted by molar-refractivity contribution is 7.81. The molecular weight excluding hydrogens is 1240 g/mol. The summed E-state index contributed by atoms with van der Waals surface area (Å²) in [7, 11) is 6.08. The van der Waals surface area contributed by atoms with Gasteiger partial charge in [-0.15, -0.1) is 0 Å². The van der Waals surface area contributed by atoms with E-state index in [0.29, 0.717) is 61.9 Å². The molecule has 0 spiro atoms. The topological polar surface area (TPSA) is 347 Å². The van der Waals surface area contributed by atoms with Crippen molar-refractivity contribution in [3.05, 3.63) is 65.7 Å². The summed E-state index contributed by atoms with van der Waals surface area (Å²) in [5, 5.41) is 27.0. The van der Waals surface area contributed by atoms with Crippen molar-refractivity contribution >= 4 is 83.6 Å². The number of urea groups is 1. The molecule has 0 aliphatic carbocycles. The SMILES string of the molecule is CCC(C)[C@@H](C(CC(=O)N1CCCC1C(OC)C(C)C(=O)NC(C)C(O)c1ccccc1)OC)N(C)C(=O)[C@@H](NC(=O)[C@H](C(C)C)N(C)C(=O)OCc1ccc(NC(=O)[C@H](CCCNC(N)=O)NC(=O)[C@@H](NC(=O)CCCCCN2C(=O)CC(S)C2=O)C(C)C)cc1)C(C)C. The summed E-state index contributed by atoms with van der Waals surface area (Å²) in [6, 6.07) is 8.73. The second kappa shape index (κ2) is 39.0. The van der Waals surface area contributed by atoms with Crippen LogP contribution >= 0.6 is 12.6 Å². The average molecular weight is 1350 g/mol. The number of imide groups is 1. The molecule has 2 aromatic carbocycles. The van der Waals surface area contributed by atoms with E-state index in [9.17, 15) is 57.8 Å². The fourth-order valence-corrected chi connectivity index (χ4v) is 12.6. The molecule has 12 amide bonds. The number of nitrogens with two attached hydrogens (primary N) is 1. The largest absolute Gasteiger partial charge is 0.445 e. The highest BCUT2D eigenvalue weighted by atomic mass is 32.1. The van der Waals surface area contributed by atoms with Crippen LogP contribution < -0.4 is 37.6 Å². The van der Waals surface area contributed by atoms with Crippen LogP contribution in [0, 0.1) is 29.6 Å². The number of nitrogens with one attached hydrogen (secondary N) is 6. The molecule has 0 aromatic heterocycles. The Labute approximate surface area is 566 Å². The number of carbonyl (C=O) groups excluding carboxylic acids is 11. The molecule has 4 rings (SSSR count). The van der Waals surface area contributed by atoms with Crippen molar-refractivity contribution in [1.29, 1.82) is 0 Å². The van der Waals surface area contributed by atoms with Gasteiger partial charge in [-0.05, 0) is 92.4 Å². The second-order valence-corrected chi connectivity index (χ2v) is 26.8. The van der Waals surface area contributed by atoms with Crippen molar-refractivity contribution in [2.24, 2.45) is 35.3 Å². The Morgan fingerprint density at radius 3 is 1.97 bits per heavy atom. The summed E-state index contributed by atoms with van der Waals surface area (Å²) >= 11 is 4.15. The van der Waals surface area contributed by atoms with Crippen LogP contribution in [0.2, 0.25) is 0 Å². The highest BCUT2D eigenvalue weighted by Gasteiger charge is 2.44. The molecule has 0 saturated carbocycles. The van der Waals surface area contributed by atoms with Crippen LogP contribution in [0.15, 0.2) is 54.6 Å². The zero-order valence-corrected chi connectivity index (χ0v) is 58.9. The lowest BCUT2D eigenvalue weighted by molar-refractivity contribution is -0.148. The van der Waals surface area contributed by atoms with E-state index in [2.05, 4.69) is 44.5 Å². The fourth-order valence-electron chi connectivity index (χ4n) is 12.3. The first kappa shape index (κ1) is 80.1. The zero-order valence-electron chi connectivity index (χ0n) is 58.0. The number of primary amides is 1. The Hall–Kier alpha value is -7.36. The van der Waals surface area contributed by atoms with Crippen LogP contribution in [-0.4, -0.2) is 198 Å². The van der Waals surface area contributed by atoms with Gasteiger partial charge in [-0.2, -0.15) is 12.6 Å². The minimum atomic E-state index is -1.12. The number of aliphatic hydroxyl groups is 1. The summed E-state index contributed by atoms with van der Waals surface area (Å²) in [5.41, 5.74) is 6.77. The fraction of sp³-hybridized carbons (Fsp3) is 0.662. The van der Waals surface area contributed by atoms with Gasteiger partial charge in [0.05, 0.1) is 54.0 Å². The number of ether oxygens (including phenoxy) is 3. The van der Waals surface area contributed by atoms with Crippen molar-refractivity contribution in [3.8, 4) is 0 Å². The van der Waals surface area contributed by atoms with Crippen LogP contribution in [0.3, 0.4) is 0 Å². The summed E-state index contributed by atoms with van der Waals surface area (Å²) in [4.78, 5) is 153. The predicted octanol–water partition coefficient (Wildman–Crippen LogP) is 5.21. The van der Waals surface area contributed by atoms with Crippen molar-refractivity contribution in [3.63, 3.8) is 0 Å². The third-order valence-electron chi connectivity index (χ3n) is 18.0. The van der Waals surface area contributed by atoms with Crippen LogP contribution in [0.4, 0.5) is 15.3 Å². The van der Waals surface area contributed by atoms with E-state index >= 15 is 0 Å². The van der Waals surface area contributed by atoms with Gasteiger partial charge >= 0.3 is 12.1 Å². The van der Waals surface area contributed by atoms with Gasteiger partial charge in [0.25, 0.3) is 0 Å². The first-order valence-electron chi connectivity index (χ1n) is 33.3. The Bertz CT molecular complexity index is 2890. The summed E-state index contributed by atoms with van der Waals surface area (Å²) < 4.78 is 17.8. The van der Waals surface area contributed by atoms with E-state index in [0.717, 1.165) is 0 Å². The minimum Gasteiger partial charge on any atom is -0.445 e. The minimum absolute atomic E-state index is 0.0628. The Kier molecular flexibility index (Phi) is 32.9. The van der Waals surface area contributed by atoms with Crippen LogP contribution in [0.25, 0.3) is 0 Å². The summed E-state index contributed by atoms with van der Waals surface area (Å²) in [5.74, 6) is -5.88. The number of amides is 12. The number of carbonyl (C=O) groups is 11. The molecule has 0 bridgehead atoms. The Morgan fingerprint density at radius 1 is 0.747 bits per heavy atom. The smallest absolute Gasteiger partial charge is 0.410 e. The van der Waals surface area contributed by atoms with E-state index < -0.39 is 125 Å². The summed E-state index contributed by atoms with van der Waals surface area (Å²) in [6.07, 6.45) is 0.559. The molecule has 9 N–H and O–H groups in total. The Morgan fingerprint density at radius 2 is 1.40 bits per heavy atom. The standard InChI is InChI=1S/C68H107N11O15S/c1-15-42(8)58(50(92-13)36-53(81)78-35-23-27-49(78)60(93-14)43(9)61(84)71-44(10)59(83)46-24-18-16-19-25-46)76(11)66(89)56(40(4)5)75-64(87)57(41(6)7)77(12)68(91)94-38-45-29-31-47(32-30-45)72-62(85)48(26-22-33-70-67(69)90)73-63(86)55(39(2)3)74-52(80)28-20-17-21-34-79-54(82)37-51(95)65(79)88/h16,18-19,24-25,29-32,39-44,48-51,55-60,83,95H,15,17,20-23,26-28,33-38H2,1-14H3,(H,71,84)(H,72,85)(H,73,86)(H,74,80)(H,75,87)(H3,69,70,90)/t42?,43?,44?,48-,49?,50?,51?,55-,56-,57-,58-,59?,60?/m0/s1. The molecule has 26 nitrogen and oxygen atoms in total. The normalized spacial score (nSPS) is 18.3. The quantitative estimate of drug-likeness (QED) is 0.0237. The third kappa shape index (κ3) is 23.5. The van der Waals surface area contributed by atoms with Crippen molar-refractivity contribution in [1.82, 2.24) is 46.2 Å². The van der Waals surface area contributed by atoms with Gasteiger partial charge < -0.3 is 66.8 Å².